The number of halogens is 2. The molecule has 1 fully saturated rings. The lowest BCUT2D eigenvalue weighted by Gasteiger charge is -2.25. The summed E-state index contributed by atoms with van der Waals surface area (Å²) in [6.45, 7) is 0. The molecule has 0 radical (unpaired) electrons. The number of ketones is 1. The lowest BCUT2D eigenvalue weighted by Crippen LogP contribution is -2.09. The van der Waals surface area contributed by atoms with Crippen LogP contribution in [0.1, 0.15) is 46.7 Å². The maximum Gasteiger partial charge on any atom is 0.196 e. The van der Waals surface area contributed by atoms with E-state index in [1.807, 2.05) is 12.1 Å². The van der Waals surface area contributed by atoms with Crippen molar-refractivity contribution in [3.63, 3.8) is 0 Å². The quantitative estimate of drug-likeness (QED) is 0.728. The van der Waals surface area contributed by atoms with E-state index >= 15 is 0 Å². The van der Waals surface area contributed by atoms with Crippen molar-refractivity contribution in [1.29, 1.82) is 0 Å². The van der Waals surface area contributed by atoms with Gasteiger partial charge in [-0.3, -0.25) is 4.79 Å². The second-order valence-electron chi connectivity index (χ2n) is 5.20. The standard InChI is InChI=1S/C17H14ClFO/c18-14-8-9-16(19)15(10-14)17(20)13-6-4-12(5-7-13)11-2-1-3-11/h4-11H,1-3H2. The number of carbonyl (C=O) groups excluding carboxylic acids is 1. The molecule has 1 aliphatic carbocycles. The largest absolute Gasteiger partial charge is 0.288 e. The van der Waals surface area contributed by atoms with Crippen molar-refractivity contribution in [3.05, 3.63) is 70.0 Å². The molecule has 0 aromatic heterocycles. The fourth-order valence-electron chi connectivity index (χ4n) is 2.48. The third-order valence-electron chi connectivity index (χ3n) is 3.92. The molecule has 3 heteroatoms. The van der Waals surface area contributed by atoms with Gasteiger partial charge in [-0.05, 0) is 42.5 Å². The van der Waals surface area contributed by atoms with Gasteiger partial charge in [-0.1, -0.05) is 42.3 Å². The zero-order valence-electron chi connectivity index (χ0n) is 10.9. The van der Waals surface area contributed by atoms with E-state index < -0.39 is 5.82 Å². The maximum atomic E-state index is 13.7. The fourth-order valence-corrected chi connectivity index (χ4v) is 2.65. The van der Waals surface area contributed by atoms with Crippen molar-refractivity contribution < 1.29 is 9.18 Å². The summed E-state index contributed by atoms with van der Waals surface area (Å²) in [5.74, 6) is -0.241. The summed E-state index contributed by atoms with van der Waals surface area (Å²) in [6.07, 6.45) is 3.71. The first-order chi connectivity index (χ1) is 9.65. The van der Waals surface area contributed by atoms with Crippen molar-refractivity contribution in [2.45, 2.75) is 25.2 Å². The Labute approximate surface area is 122 Å². The van der Waals surface area contributed by atoms with Crippen LogP contribution in [0.5, 0.6) is 0 Å². The Kier molecular flexibility index (Phi) is 3.58. The number of carbonyl (C=O) groups is 1. The fraction of sp³-hybridized carbons (Fsp3) is 0.235. The minimum absolute atomic E-state index is 0.0221. The van der Waals surface area contributed by atoms with Gasteiger partial charge in [-0.2, -0.15) is 0 Å². The molecule has 1 aliphatic rings. The molecule has 102 valence electrons. The van der Waals surface area contributed by atoms with Gasteiger partial charge in [0.25, 0.3) is 0 Å². The average Bonchev–Trinajstić information content (AvgIpc) is 2.40. The SMILES string of the molecule is O=C(c1ccc(C2CCC2)cc1)c1cc(Cl)ccc1F. The molecule has 1 nitrogen and oxygen atoms in total. The Balaban J connectivity index is 1.88. The van der Waals surface area contributed by atoms with Gasteiger partial charge in [-0.15, -0.1) is 0 Å². The number of hydrogen-bond donors (Lipinski definition) is 0. The monoisotopic (exact) mass is 288 g/mol. The first-order valence-corrected chi connectivity index (χ1v) is 7.12. The van der Waals surface area contributed by atoms with E-state index in [1.54, 1.807) is 12.1 Å². The van der Waals surface area contributed by atoms with Gasteiger partial charge in [0.15, 0.2) is 5.78 Å². The second kappa shape index (κ2) is 5.37. The lowest BCUT2D eigenvalue weighted by atomic mass is 9.80. The highest BCUT2D eigenvalue weighted by Crippen LogP contribution is 2.36. The zero-order valence-corrected chi connectivity index (χ0v) is 11.7. The summed E-state index contributed by atoms with van der Waals surface area (Å²) in [4.78, 5) is 12.3. The van der Waals surface area contributed by atoms with Crippen molar-refractivity contribution in [1.82, 2.24) is 0 Å². The summed E-state index contributed by atoms with van der Waals surface area (Å²) < 4.78 is 13.7. The molecule has 3 rings (SSSR count). The van der Waals surface area contributed by atoms with E-state index in [9.17, 15) is 9.18 Å². The first-order valence-electron chi connectivity index (χ1n) is 6.75. The van der Waals surface area contributed by atoms with Crippen molar-refractivity contribution in [2.24, 2.45) is 0 Å². The van der Waals surface area contributed by atoms with Crippen LogP contribution in [0.4, 0.5) is 4.39 Å². The van der Waals surface area contributed by atoms with Crippen LogP contribution in [0.15, 0.2) is 42.5 Å². The van der Waals surface area contributed by atoms with E-state index in [-0.39, 0.29) is 11.3 Å². The van der Waals surface area contributed by atoms with Gasteiger partial charge in [0, 0.05) is 10.6 Å². The summed E-state index contributed by atoms with van der Waals surface area (Å²) in [5, 5.41) is 0.362. The van der Waals surface area contributed by atoms with E-state index in [4.69, 9.17) is 11.6 Å². The third-order valence-corrected chi connectivity index (χ3v) is 4.16. The Morgan fingerprint density at radius 2 is 1.80 bits per heavy atom. The Morgan fingerprint density at radius 1 is 1.10 bits per heavy atom. The predicted molar refractivity (Wildman–Crippen MR) is 77.9 cm³/mol. The average molecular weight is 289 g/mol. The van der Waals surface area contributed by atoms with E-state index in [0.717, 1.165) is 0 Å². The van der Waals surface area contributed by atoms with E-state index in [2.05, 4.69) is 0 Å². The molecule has 0 spiro atoms. The molecule has 1 saturated carbocycles. The summed E-state index contributed by atoms with van der Waals surface area (Å²) in [7, 11) is 0. The van der Waals surface area contributed by atoms with Crippen LogP contribution in [0.25, 0.3) is 0 Å². The van der Waals surface area contributed by atoms with Crippen LogP contribution in [0.3, 0.4) is 0 Å². The van der Waals surface area contributed by atoms with Gasteiger partial charge < -0.3 is 0 Å². The minimum atomic E-state index is -0.539. The molecule has 0 heterocycles. The van der Waals surface area contributed by atoms with Crippen LogP contribution in [0, 0.1) is 5.82 Å². The summed E-state index contributed by atoms with van der Waals surface area (Å²) >= 11 is 5.82. The first kappa shape index (κ1) is 13.3. The van der Waals surface area contributed by atoms with Crippen molar-refractivity contribution in [3.8, 4) is 0 Å². The Hall–Kier alpha value is -1.67. The second-order valence-corrected chi connectivity index (χ2v) is 5.64. The third kappa shape index (κ3) is 2.48. The number of hydrogen-bond acceptors (Lipinski definition) is 1. The zero-order chi connectivity index (χ0) is 14.1. The molecule has 0 unspecified atom stereocenters. The highest BCUT2D eigenvalue weighted by Gasteiger charge is 2.20. The lowest BCUT2D eigenvalue weighted by molar-refractivity contribution is 0.103. The summed E-state index contributed by atoms with van der Waals surface area (Å²) in [5.41, 5.74) is 1.78. The van der Waals surface area contributed by atoms with Crippen LogP contribution in [-0.2, 0) is 0 Å². The molecule has 20 heavy (non-hydrogen) atoms. The van der Waals surface area contributed by atoms with Gasteiger partial charge in [0.05, 0.1) is 5.56 Å². The minimum Gasteiger partial charge on any atom is -0.288 e. The van der Waals surface area contributed by atoms with Gasteiger partial charge in [0.1, 0.15) is 5.82 Å². The number of rotatable bonds is 3. The Morgan fingerprint density at radius 3 is 2.40 bits per heavy atom. The molecule has 2 aromatic rings. The highest BCUT2D eigenvalue weighted by molar-refractivity contribution is 6.31. The summed E-state index contributed by atoms with van der Waals surface area (Å²) in [6, 6.07) is 11.5. The van der Waals surface area contributed by atoms with Crippen LogP contribution >= 0.6 is 11.6 Å². The molecule has 0 atom stereocenters. The van der Waals surface area contributed by atoms with Crippen molar-refractivity contribution >= 4 is 17.4 Å². The maximum absolute atomic E-state index is 13.7. The van der Waals surface area contributed by atoms with Crippen LogP contribution in [0.2, 0.25) is 5.02 Å². The number of benzene rings is 2. The van der Waals surface area contributed by atoms with Crippen LogP contribution < -0.4 is 0 Å². The smallest absolute Gasteiger partial charge is 0.196 e. The molecule has 2 aromatic carbocycles. The molecule has 0 amide bonds. The van der Waals surface area contributed by atoms with Gasteiger partial charge in [-0.25, -0.2) is 4.39 Å². The predicted octanol–water partition coefficient (Wildman–Crippen LogP) is 4.98. The molecular formula is C17H14ClFO. The molecule has 0 saturated heterocycles. The topological polar surface area (TPSA) is 17.1 Å². The normalized spacial score (nSPS) is 14.9. The van der Waals surface area contributed by atoms with Gasteiger partial charge >= 0.3 is 0 Å². The van der Waals surface area contributed by atoms with Gasteiger partial charge in [0.2, 0.25) is 0 Å². The molecular weight excluding hydrogens is 275 g/mol. The van der Waals surface area contributed by atoms with Crippen LogP contribution in [-0.4, -0.2) is 5.78 Å². The molecule has 0 bridgehead atoms. The van der Waals surface area contributed by atoms with E-state index in [0.29, 0.717) is 16.5 Å². The molecule has 0 aliphatic heterocycles. The Bertz CT molecular complexity index is 645. The molecule has 0 N–H and O–H groups in total. The van der Waals surface area contributed by atoms with E-state index in [1.165, 1.54) is 43.0 Å². The van der Waals surface area contributed by atoms with Crippen molar-refractivity contribution in [2.75, 3.05) is 0 Å². The highest BCUT2D eigenvalue weighted by atomic mass is 35.5.